The van der Waals surface area contributed by atoms with Crippen LogP contribution in [0.5, 0.6) is 5.75 Å². The average molecular weight is 354 g/mol. The molecule has 0 atom stereocenters. The molecule has 0 fully saturated rings. The zero-order valence-electron chi connectivity index (χ0n) is 14.4. The normalized spacial score (nSPS) is 11.3. The molecule has 9 nitrogen and oxygen atoms in total. The van der Waals surface area contributed by atoms with Crippen LogP contribution in [0, 0.1) is 0 Å². The van der Waals surface area contributed by atoms with Crippen LogP contribution in [0.25, 0.3) is 11.2 Å². The van der Waals surface area contributed by atoms with Gasteiger partial charge in [-0.15, -0.1) is 6.58 Å². The van der Waals surface area contributed by atoms with Crippen LogP contribution in [0.15, 0.2) is 51.6 Å². The fourth-order valence-electron chi connectivity index (χ4n) is 2.56. The highest BCUT2D eigenvalue weighted by atomic mass is 16.3. The van der Waals surface area contributed by atoms with Crippen LogP contribution in [0.3, 0.4) is 0 Å². The van der Waals surface area contributed by atoms with Crippen molar-refractivity contribution in [1.82, 2.24) is 18.7 Å². The van der Waals surface area contributed by atoms with Crippen LogP contribution in [-0.4, -0.2) is 30.0 Å². The van der Waals surface area contributed by atoms with E-state index in [2.05, 4.69) is 22.1 Å². The fourth-order valence-corrected chi connectivity index (χ4v) is 2.56. The van der Waals surface area contributed by atoms with Gasteiger partial charge < -0.3 is 9.67 Å². The first-order chi connectivity index (χ1) is 12.4. The standard InChI is InChI=1S/C17H18N6O3/c1-4-9-23-15(25)13-14(22(3)17(23)26)19-16(21(13)2)20-18-10-11-5-7-12(24)8-6-11/h4-8,10,24H,1,9H2,2-3H3,(H,19,20)/b18-10-. The minimum Gasteiger partial charge on any atom is -0.508 e. The van der Waals surface area contributed by atoms with Crippen molar-refractivity contribution in [2.45, 2.75) is 6.54 Å². The number of hydrazone groups is 1. The minimum atomic E-state index is -0.459. The first kappa shape index (κ1) is 17.2. The number of imidazole rings is 1. The number of allylic oxidation sites excluding steroid dienone is 1. The molecule has 3 rings (SSSR count). The van der Waals surface area contributed by atoms with Gasteiger partial charge in [-0.1, -0.05) is 6.08 Å². The zero-order chi connectivity index (χ0) is 18.8. The van der Waals surface area contributed by atoms with E-state index in [0.717, 1.165) is 10.1 Å². The van der Waals surface area contributed by atoms with Crippen molar-refractivity contribution in [3.05, 3.63) is 63.3 Å². The molecule has 0 saturated carbocycles. The Morgan fingerprint density at radius 2 is 1.92 bits per heavy atom. The number of hydrogen-bond donors (Lipinski definition) is 2. The highest BCUT2D eigenvalue weighted by Gasteiger charge is 2.17. The van der Waals surface area contributed by atoms with E-state index >= 15 is 0 Å². The highest BCUT2D eigenvalue weighted by Crippen LogP contribution is 2.13. The van der Waals surface area contributed by atoms with Crippen LogP contribution in [-0.2, 0) is 20.6 Å². The lowest BCUT2D eigenvalue weighted by Gasteiger charge is -2.06. The van der Waals surface area contributed by atoms with E-state index in [4.69, 9.17) is 0 Å². The Hall–Kier alpha value is -3.62. The van der Waals surface area contributed by atoms with Crippen LogP contribution in [0.4, 0.5) is 5.95 Å². The molecule has 26 heavy (non-hydrogen) atoms. The maximum Gasteiger partial charge on any atom is 0.332 e. The van der Waals surface area contributed by atoms with Crippen LogP contribution >= 0.6 is 0 Å². The average Bonchev–Trinajstić information content (AvgIpc) is 2.95. The van der Waals surface area contributed by atoms with Crippen LogP contribution in [0.2, 0.25) is 0 Å². The first-order valence-electron chi connectivity index (χ1n) is 7.79. The van der Waals surface area contributed by atoms with Crippen molar-refractivity contribution < 1.29 is 5.11 Å². The number of benzene rings is 1. The topological polar surface area (TPSA) is 106 Å². The monoisotopic (exact) mass is 354 g/mol. The molecule has 0 aliphatic carbocycles. The van der Waals surface area contributed by atoms with Crippen LogP contribution in [0.1, 0.15) is 5.56 Å². The van der Waals surface area contributed by atoms with Gasteiger partial charge in [0.1, 0.15) is 5.75 Å². The fraction of sp³-hybridized carbons (Fsp3) is 0.176. The Morgan fingerprint density at radius 3 is 2.58 bits per heavy atom. The van der Waals surface area contributed by atoms with Crippen LogP contribution < -0.4 is 16.7 Å². The van der Waals surface area contributed by atoms with Gasteiger partial charge in [0.05, 0.1) is 6.21 Å². The van der Waals surface area contributed by atoms with E-state index in [-0.39, 0.29) is 23.5 Å². The summed E-state index contributed by atoms with van der Waals surface area (Å²) in [5.41, 5.74) is 3.20. The summed E-state index contributed by atoms with van der Waals surface area (Å²) in [4.78, 5) is 29.2. The predicted octanol–water partition coefficient (Wildman–Crippen LogP) is 0.771. The molecule has 1 aromatic carbocycles. The SMILES string of the molecule is C=CCn1c(=O)c2c(nc(N/N=C\c3ccc(O)cc3)n2C)n(C)c1=O. The number of phenols is 1. The highest BCUT2D eigenvalue weighted by molar-refractivity contribution is 5.80. The van der Waals surface area contributed by atoms with Gasteiger partial charge in [-0.2, -0.15) is 10.1 Å². The summed E-state index contributed by atoms with van der Waals surface area (Å²) in [7, 11) is 3.22. The van der Waals surface area contributed by atoms with E-state index in [9.17, 15) is 14.7 Å². The summed E-state index contributed by atoms with van der Waals surface area (Å²) in [5.74, 6) is 0.487. The smallest absolute Gasteiger partial charge is 0.332 e. The summed E-state index contributed by atoms with van der Waals surface area (Å²) in [6, 6.07) is 6.50. The molecular weight excluding hydrogens is 336 g/mol. The second kappa shape index (κ2) is 6.71. The number of aryl methyl sites for hydroxylation is 2. The number of nitrogens with zero attached hydrogens (tertiary/aromatic N) is 5. The lowest BCUT2D eigenvalue weighted by molar-refractivity contribution is 0.475. The number of fused-ring (bicyclic) bond motifs is 1. The van der Waals surface area contributed by atoms with Crippen molar-refractivity contribution in [2.24, 2.45) is 19.2 Å². The molecule has 0 bridgehead atoms. The molecule has 9 heteroatoms. The summed E-state index contributed by atoms with van der Waals surface area (Å²) in [6.45, 7) is 3.69. The minimum absolute atomic E-state index is 0.119. The number of hydrogen-bond acceptors (Lipinski definition) is 6. The molecule has 2 N–H and O–H groups in total. The Labute approximate surface area is 148 Å². The van der Waals surface area contributed by atoms with Gasteiger partial charge in [-0.25, -0.2) is 10.2 Å². The molecule has 3 aromatic rings. The number of anilines is 1. The van der Waals surface area contributed by atoms with Gasteiger partial charge in [0.25, 0.3) is 5.56 Å². The molecule has 0 amide bonds. The molecule has 0 aliphatic rings. The van der Waals surface area contributed by atoms with Gasteiger partial charge in [0, 0.05) is 20.6 Å². The molecule has 134 valence electrons. The molecule has 0 radical (unpaired) electrons. The number of aromatic nitrogens is 4. The van der Waals surface area contributed by atoms with Gasteiger partial charge in [-0.3, -0.25) is 13.9 Å². The largest absolute Gasteiger partial charge is 0.508 e. The Bertz CT molecular complexity index is 1120. The van der Waals surface area contributed by atoms with Gasteiger partial charge in [0.15, 0.2) is 11.2 Å². The molecule has 0 unspecified atom stereocenters. The maximum atomic E-state index is 12.6. The number of phenolic OH excluding ortho intramolecular Hbond substituents is 1. The van der Waals surface area contributed by atoms with Gasteiger partial charge in [0.2, 0.25) is 5.95 Å². The van der Waals surface area contributed by atoms with Crippen molar-refractivity contribution in [3.8, 4) is 5.75 Å². The summed E-state index contributed by atoms with van der Waals surface area (Å²) < 4.78 is 3.96. The maximum absolute atomic E-state index is 12.6. The van der Waals surface area contributed by atoms with Crippen molar-refractivity contribution in [3.63, 3.8) is 0 Å². The lowest BCUT2D eigenvalue weighted by atomic mass is 10.2. The second-order valence-electron chi connectivity index (χ2n) is 5.67. The first-order valence-corrected chi connectivity index (χ1v) is 7.79. The predicted molar refractivity (Wildman–Crippen MR) is 99.7 cm³/mol. The van der Waals surface area contributed by atoms with E-state index in [1.165, 1.54) is 10.6 Å². The molecule has 0 aliphatic heterocycles. The van der Waals surface area contributed by atoms with Gasteiger partial charge >= 0.3 is 5.69 Å². The second-order valence-corrected chi connectivity index (χ2v) is 5.67. The van der Waals surface area contributed by atoms with Crippen molar-refractivity contribution in [1.29, 1.82) is 0 Å². The molecule has 0 saturated heterocycles. The quantitative estimate of drug-likeness (QED) is 0.400. The summed E-state index contributed by atoms with van der Waals surface area (Å²) in [5, 5.41) is 13.4. The third-order valence-electron chi connectivity index (χ3n) is 3.94. The Kier molecular flexibility index (Phi) is 4.44. The van der Waals surface area contributed by atoms with E-state index in [0.29, 0.717) is 5.95 Å². The van der Waals surface area contributed by atoms with Crippen molar-refractivity contribution >= 4 is 23.3 Å². The molecule has 2 heterocycles. The molecular formula is C17H18N6O3. The summed E-state index contributed by atoms with van der Waals surface area (Å²) in [6.07, 6.45) is 3.04. The zero-order valence-corrected chi connectivity index (χ0v) is 14.4. The van der Waals surface area contributed by atoms with E-state index in [1.54, 1.807) is 49.1 Å². The Balaban J connectivity index is 2.01. The lowest BCUT2D eigenvalue weighted by Crippen LogP contribution is -2.39. The summed E-state index contributed by atoms with van der Waals surface area (Å²) >= 11 is 0. The number of aromatic hydroxyl groups is 1. The number of nitrogens with one attached hydrogen (secondary N) is 1. The molecule has 2 aromatic heterocycles. The van der Waals surface area contributed by atoms with E-state index < -0.39 is 11.2 Å². The van der Waals surface area contributed by atoms with Crippen molar-refractivity contribution in [2.75, 3.05) is 5.43 Å². The third kappa shape index (κ3) is 2.90. The number of rotatable bonds is 5. The van der Waals surface area contributed by atoms with E-state index in [1.807, 2.05) is 0 Å². The Morgan fingerprint density at radius 1 is 1.23 bits per heavy atom. The van der Waals surface area contributed by atoms with Gasteiger partial charge in [-0.05, 0) is 29.8 Å². The molecule has 0 spiro atoms. The third-order valence-corrected chi connectivity index (χ3v) is 3.94.